The van der Waals surface area contributed by atoms with Gasteiger partial charge in [0.1, 0.15) is 0 Å². The number of rotatable bonds is 0. The first-order valence-electron chi connectivity index (χ1n) is 6.84. The van der Waals surface area contributed by atoms with Gasteiger partial charge in [0.2, 0.25) is 0 Å². The molecule has 0 aromatic heterocycles. The quantitative estimate of drug-likeness (QED) is 0.533. The van der Waals surface area contributed by atoms with Crippen LogP contribution in [0.15, 0.2) is 0 Å². The van der Waals surface area contributed by atoms with Gasteiger partial charge < -0.3 is 12.8 Å². The second-order valence-electron chi connectivity index (χ2n) is 7.65. The largest absolute Gasteiger partial charge is 0.328 e. The van der Waals surface area contributed by atoms with E-state index < -0.39 is 0 Å². The summed E-state index contributed by atoms with van der Waals surface area (Å²) >= 11 is 0. The summed E-state index contributed by atoms with van der Waals surface area (Å²) in [6, 6.07) is 0. The fourth-order valence-electron chi connectivity index (χ4n) is 2.60. The molecule has 0 nitrogen and oxygen atoms in total. The van der Waals surface area contributed by atoms with E-state index in [0.29, 0.717) is 10.8 Å². The van der Waals surface area contributed by atoms with E-state index in [1.54, 1.807) is 0 Å². The van der Waals surface area contributed by atoms with Gasteiger partial charge in [-0.1, -0.05) is 53.4 Å². The molecule has 1 aliphatic rings. The normalized spacial score (nSPS) is 27.9. The Morgan fingerprint density at radius 2 is 0.882 bits per heavy atom. The van der Waals surface area contributed by atoms with Gasteiger partial charge in [0.25, 0.3) is 0 Å². The molecule has 0 atom stereocenters. The van der Waals surface area contributed by atoms with Crippen molar-refractivity contribution in [1.82, 2.24) is 0 Å². The van der Waals surface area contributed by atoms with Crippen molar-refractivity contribution < 1.29 is 32.7 Å². The van der Waals surface area contributed by atoms with E-state index in [1.807, 2.05) is 0 Å². The van der Waals surface area contributed by atoms with Crippen molar-refractivity contribution in [3.63, 3.8) is 0 Å². The van der Waals surface area contributed by atoms with Crippen LogP contribution in [0, 0.1) is 35.5 Å². The topological polar surface area (TPSA) is 0 Å². The minimum atomic E-state index is 0. The molecule has 1 fully saturated rings. The first-order valence-corrected chi connectivity index (χ1v) is 6.84. The molecule has 0 saturated heterocycles. The molecule has 1 radical (unpaired) electrons. The molecule has 0 N–H and O–H groups in total. The van der Waals surface area contributed by atoms with Gasteiger partial charge in [-0.2, -0.15) is 25.7 Å². The van der Waals surface area contributed by atoms with E-state index in [1.165, 1.54) is 25.7 Å². The zero-order valence-corrected chi connectivity index (χ0v) is 15.6. The van der Waals surface area contributed by atoms with E-state index in [9.17, 15) is 0 Å². The second-order valence-corrected chi connectivity index (χ2v) is 7.65. The van der Waals surface area contributed by atoms with Crippen molar-refractivity contribution in [3.05, 3.63) is 12.8 Å². The first-order chi connectivity index (χ1) is 7.21. The van der Waals surface area contributed by atoms with E-state index >= 15 is 0 Å². The molecule has 1 rings (SSSR count). The van der Waals surface area contributed by atoms with Gasteiger partial charge in [0.15, 0.2) is 0 Å². The van der Waals surface area contributed by atoms with Gasteiger partial charge >= 0.3 is 0 Å². The standard InChI is InChI=1S/C16H30.Y/c1-15(2,3)13-9-7-11-14(12-8-10-13)16(4,5)6;/h7-8,13-14H,9-12H2,1-6H3;/q-2;. The molecule has 0 aromatic rings. The molecule has 0 heterocycles. The van der Waals surface area contributed by atoms with Crippen LogP contribution in [0.3, 0.4) is 0 Å². The summed E-state index contributed by atoms with van der Waals surface area (Å²) in [6.07, 6.45) is 10.3. The Kier molecular flexibility index (Phi) is 7.50. The molecule has 17 heavy (non-hydrogen) atoms. The first kappa shape index (κ1) is 18.1. The van der Waals surface area contributed by atoms with Crippen LogP contribution in [-0.2, 0) is 32.7 Å². The summed E-state index contributed by atoms with van der Waals surface area (Å²) < 4.78 is 0. The predicted molar refractivity (Wildman–Crippen MR) is 73.0 cm³/mol. The third kappa shape index (κ3) is 6.19. The van der Waals surface area contributed by atoms with Crippen molar-refractivity contribution in [2.45, 2.75) is 67.2 Å². The third-order valence-corrected chi connectivity index (χ3v) is 4.25. The molecular formula is C16H30Y-2. The van der Waals surface area contributed by atoms with Crippen molar-refractivity contribution in [2.75, 3.05) is 0 Å². The van der Waals surface area contributed by atoms with Gasteiger partial charge in [0.05, 0.1) is 0 Å². The minimum absolute atomic E-state index is 0. The Labute approximate surface area is 135 Å². The molecule has 0 unspecified atom stereocenters. The number of hydrogen-bond donors (Lipinski definition) is 0. The zero-order chi connectivity index (χ0) is 12.4. The molecule has 1 aliphatic carbocycles. The van der Waals surface area contributed by atoms with Gasteiger partial charge in [-0.25, -0.2) is 0 Å². The number of hydrogen-bond acceptors (Lipinski definition) is 0. The van der Waals surface area contributed by atoms with E-state index in [2.05, 4.69) is 54.4 Å². The molecule has 0 amide bonds. The molecule has 99 valence electrons. The molecule has 0 bridgehead atoms. The Morgan fingerprint density at radius 3 is 1.06 bits per heavy atom. The van der Waals surface area contributed by atoms with Crippen LogP contribution in [-0.4, -0.2) is 0 Å². The van der Waals surface area contributed by atoms with Gasteiger partial charge in [-0.3, -0.25) is 0 Å². The van der Waals surface area contributed by atoms with Crippen molar-refractivity contribution >= 4 is 0 Å². The molecule has 0 aromatic carbocycles. The third-order valence-electron chi connectivity index (χ3n) is 4.25. The van der Waals surface area contributed by atoms with E-state index in [4.69, 9.17) is 0 Å². The SMILES string of the molecule is CC(C)(C)C1C[CH-]CC(C(C)(C)C)C[CH-]C1.[Y]. The fourth-order valence-corrected chi connectivity index (χ4v) is 2.60. The minimum Gasteiger partial charge on any atom is -0.328 e. The Morgan fingerprint density at radius 1 is 0.647 bits per heavy atom. The molecule has 0 aliphatic heterocycles. The van der Waals surface area contributed by atoms with Crippen LogP contribution in [0.2, 0.25) is 0 Å². The predicted octanol–water partition coefficient (Wildman–Crippen LogP) is 5.29. The van der Waals surface area contributed by atoms with Crippen LogP contribution in [0.4, 0.5) is 0 Å². The monoisotopic (exact) mass is 311 g/mol. The van der Waals surface area contributed by atoms with E-state index in [0.717, 1.165) is 11.8 Å². The summed E-state index contributed by atoms with van der Waals surface area (Å²) in [5.74, 6) is 1.68. The Bertz CT molecular complexity index is 175. The van der Waals surface area contributed by atoms with Crippen LogP contribution < -0.4 is 0 Å². The summed E-state index contributed by atoms with van der Waals surface area (Å²) in [4.78, 5) is 0. The molecule has 1 heteroatoms. The summed E-state index contributed by atoms with van der Waals surface area (Å²) in [5.41, 5.74) is 0.920. The maximum atomic E-state index is 2.55. The molecule has 1 saturated carbocycles. The maximum Gasteiger partial charge on any atom is 0 e. The molecule has 0 spiro atoms. The van der Waals surface area contributed by atoms with Crippen molar-refractivity contribution in [1.29, 1.82) is 0 Å². The fraction of sp³-hybridized carbons (Fsp3) is 0.875. The van der Waals surface area contributed by atoms with Gasteiger partial charge in [-0.05, 0) is 10.8 Å². The Hall–Kier alpha value is 1.10. The van der Waals surface area contributed by atoms with Gasteiger partial charge in [-0.15, -0.1) is 0 Å². The van der Waals surface area contributed by atoms with Crippen molar-refractivity contribution in [3.8, 4) is 0 Å². The van der Waals surface area contributed by atoms with Crippen LogP contribution in [0.5, 0.6) is 0 Å². The molecular weight excluding hydrogens is 281 g/mol. The average molecular weight is 311 g/mol. The second kappa shape index (κ2) is 7.04. The smallest absolute Gasteiger partial charge is 0 e. The van der Waals surface area contributed by atoms with Crippen molar-refractivity contribution in [2.24, 2.45) is 22.7 Å². The van der Waals surface area contributed by atoms with Crippen LogP contribution in [0.25, 0.3) is 0 Å². The zero-order valence-electron chi connectivity index (χ0n) is 12.7. The summed E-state index contributed by atoms with van der Waals surface area (Å²) in [7, 11) is 0. The Balaban J connectivity index is 0.00000256. The summed E-state index contributed by atoms with van der Waals surface area (Å²) in [6.45, 7) is 14.3. The van der Waals surface area contributed by atoms with Crippen LogP contribution >= 0.6 is 0 Å². The van der Waals surface area contributed by atoms with Crippen LogP contribution in [0.1, 0.15) is 67.2 Å². The van der Waals surface area contributed by atoms with E-state index in [-0.39, 0.29) is 32.7 Å². The average Bonchev–Trinajstić information content (AvgIpc) is 1.96. The summed E-state index contributed by atoms with van der Waals surface area (Å²) in [5, 5.41) is 0. The van der Waals surface area contributed by atoms with Gasteiger partial charge in [0, 0.05) is 32.7 Å². The maximum absolute atomic E-state index is 2.55.